The summed E-state index contributed by atoms with van der Waals surface area (Å²) in [4.78, 5) is 29.7. The number of halogens is 1. The molecule has 0 bridgehead atoms. The Bertz CT molecular complexity index is 1260. The maximum Gasteiger partial charge on any atom is 0.294 e. The van der Waals surface area contributed by atoms with E-state index in [1.165, 1.54) is 24.7 Å². The normalized spacial score (nSPS) is 11.0. The van der Waals surface area contributed by atoms with E-state index in [4.69, 9.17) is 20.8 Å². The van der Waals surface area contributed by atoms with Crippen molar-refractivity contribution in [2.45, 2.75) is 13.5 Å². The summed E-state index contributed by atoms with van der Waals surface area (Å²) in [6.07, 6.45) is 1.52. The highest BCUT2D eigenvalue weighted by Gasteiger charge is 2.19. The molecule has 8 nitrogen and oxygen atoms in total. The molecule has 0 saturated carbocycles. The van der Waals surface area contributed by atoms with Crippen LogP contribution in [0, 0.1) is 6.92 Å². The largest absolute Gasteiger partial charge is 0.495 e. The van der Waals surface area contributed by atoms with Gasteiger partial charge < -0.3 is 14.5 Å². The maximum absolute atomic E-state index is 12.8. The van der Waals surface area contributed by atoms with Crippen molar-refractivity contribution in [1.82, 2.24) is 14.8 Å². The van der Waals surface area contributed by atoms with Crippen LogP contribution in [0.1, 0.15) is 5.01 Å². The number of anilines is 1. The van der Waals surface area contributed by atoms with Gasteiger partial charge in [0.15, 0.2) is 11.3 Å². The summed E-state index contributed by atoms with van der Waals surface area (Å²) in [5.41, 5.74) is 0.660. The van der Waals surface area contributed by atoms with Crippen LogP contribution >= 0.6 is 22.9 Å². The number of aromatic nitrogens is 3. The van der Waals surface area contributed by atoms with Gasteiger partial charge in [-0.05, 0) is 37.3 Å². The minimum Gasteiger partial charge on any atom is -0.495 e. The summed E-state index contributed by atoms with van der Waals surface area (Å²) in [6.45, 7) is 1.49. The Morgan fingerprint density at radius 2 is 2.21 bits per heavy atom. The highest BCUT2D eigenvalue weighted by Crippen LogP contribution is 2.30. The van der Waals surface area contributed by atoms with E-state index in [9.17, 15) is 9.59 Å². The second kappa shape index (κ2) is 7.69. The zero-order valence-electron chi connectivity index (χ0n) is 15.4. The molecule has 0 atom stereocenters. The smallest absolute Gasteiger partial charge is 0.294 e. The minimum atomic E-state index is -0.461. The Labute approximate surface area is 173 Å². The number of carbonyl (C=O) groups is 1. The number of aryl methyl sites for hydroxylation is 1. The third-order valence-corrected chi connectivity index (χ3v) is 5.30. The van der Waals surface area contributed by atoms with Gasteiger partial charge in [0.2, 0.25) is 5.91 Å². The van der Waals surface area contributed by atoms with Crippen molar-refractivity contribution in [3.8, 4) is 17.2 Å². The Hall–Kier alpha value is -3.17. The van der Waals surface area contributed by atoms with Gasteiger partial charge in [-0.3, -0.25) is 9.59 Å². The first-order chi connectivity index (χ1) is 14.0. The van der Waals surface area contributed by atoms with Gasteiger partial charge in [0, 0.05) is 5.02 Å². The lowest BCUT2D eigenvalue weighted by Gasteiger charge is -2.11. The highest BCUT2D eigenvalue weighted by molar-refractivity contribution is 7.19. The predicted octanol–water partition coefficient (Wildman–Crippen LogP) is 3.72. The summed E-state index contributed by atoms with van der Waals surface area (Å²) in [7, 11) is 1.49. The molecule has 0 spiro atoms. The summed E-state index contributed by atoms with van der Waals surface area (Å²) >= 11 is 7.35. The molecule has 1 amide bonds. The average Bonchev–Trinajstić information content (AvgIpc) is 3.34. The van der Waals surface area contributed by atoms with Crippen molar-refractivity contribution in [2.24, 2.45) is 0 Å². The number of benzene rings is 1. The van der Waals surface area contributed by atoms with E-state index in [1.54, 1.807) is 37.3 Å². The number of methoxy groups -OCH3 is 1. The van der Waals surface area contributed by atoms with Gasteiger partial charge in [0.25, 0.3) is 5.56 Å². The average molecular weight is 431 g/mol. The van der Waals surface area contributed by atoms with Gasteiger partial charge in [-0.1, -0.05) is 11.6 Å². The number of thiazole rings is 1. The number of hydrogen-bond donors (Lipinski definition) is 1. The van der Waals surface area contributed by atoms with Crippen molar-refractivity contribution >= 4 is 44.7 Å². The summed E-state index contributed by atoms with van der Waals surface area (Å²) in [5, 5.41) is 8.22. The number of carbonyl (C=O) groups excluding carboxylic acids is 1. The molecule has 0 saturated heterocycles. The van der Waals surface area contributed by atoms with Gasteiger partial charge in [-0.15, -0.1) is 11.3 Å². The molecule has 1 N–H and O–H groups in total. The van der Waals surface area contributed by atoms with Gasteiger partial charge in [0.05, 0.1) is 28.8 Å². The number of ether oxygens (including phenoxy) is 1. The number of furan rings is 1. The quantitative estimate of drug-likeness (QED) is 0.518. The topological polar surface area (TPSA) is 99.2 Å². The number of nitrogens with one attached hydrogen (secondary N) is 1. The van der Waals surface area contributed by atoms with E-state index < -0.39 is 11.5 Å². The fourth-order valence-corrected chi connectivity index (χ4v) is 3.92. The zero-order chi connectivity index (χ0) is 20.5. The first-order valence-corrected chi connectivity index (χ1v) is 9.71. The van der Waals surface area contributed by atoms with Crippen LogP contribution in [-0.2, 0) is 11.3 Å². The number of rotatable bonds is 5. The molecular formula is C19H15ClN4O4S. The lowest BCUT2D eigenvalue weighted by Crippen LogP contribution is -2.30. The molecule has 0 fully saturated rings. The Morgan fingerprint density at radius 1 is 1.38 bits per heavy atom. The van der Waals surface area contributed by atoms with Crippen molar-refractivity contribution in [2.75, 3.05) is 12.4 Å². The summed E-state index contributed by atoms with van der Waals surface area (Å²) in [6, 6.07) is 8.32. The van der Waals surface area contributed by atoms with Gasteiger partial charge in [0.1, 0.15) is 18.0 Å². The van der Waals surface area contributed by atoms with Crippen LogP contribution in [0.25, 0.3) is 21.7 Å². The molecule has 3 aromatic heterocycles. The van der Waals surface area contributed by atoms with Crippen LogP contribution in [0.4, 0.5) is 5.69 Å². The number of fused-ring (bicyclic) bond motifs is 1. The zero-order valence-corrected chi connectivity index (χ0v) is 17.0. The maximum atomic E-state index is 12.8. The minimum absolute atomic E-state index is 0.252. The van der Waals surface area contributed by atoms with E-state index in [-0.39, 0.29) is 12.1 Å². The fourth-order valence-electron chi connectivity index (χ4n) is 2.85. The van der Waals surface area contributed by atoms with Crippen LogP contribution in [0.15, 0.2) is 45.8 Å². The molecule has 10 heteroatoms. The summed E-state index contributed by atoms with van der Waals surface area (Å²) < 4.78 is 12.4. The van der Waals surface area contributed by atoms with Crippen molar-refractivity contribution < 1.29 is 13.9 Å². The Morgan fingerprint density at radius 3 is 2.93 bits per heavy atom. The molecular weight excluding hydrogens is 416 g/mol. The third kappa shape index (κ3) is 3.74. The molecule has 0 aliphatic heterocycles. The molecule has 1 aromatic carbocycles. The summed E-state index contributed by atoms with van der Waals surface area (Å²) in [5.74, 6) is 0.478. The Kier molecular flexibility index (Phi) is 5.08. The van der Waals surface area contributed by atoms with Crippen LogP contribution < -0.4 is 15.6 Å². The molecule has 0 aliphatic carbocycles. The van der Waals surface area contributed by atoms with Crippen LogP contribution in [0.2, 0.25) is 5.02 Å². The molecule has 148 valence electrons. The molecule has 3 heterocycles. The lowest BCUT2D eigenvalue weighted by atomic mass is 10.3. The van der Waals surface area contributed by atoms with E-state index >= 15 is 0 Å². The first kappa shape index (κ1) is 19.2. The lowest BCUT2D eigenvalue weighted by molar-refractivity contribution is -0.117. The fraction of sp³-hybridized carbons (Fsp3) is 0.158. The van der Waals surface area contributed by atoms with Gasteiger partial charge in [-0.2, -0.15) is 5.10 Å². The molecule has 0 unspecified atom stereocenters. The van der Waals surface area contributed by atoms with Crippen molar-refractivity contribution in [3.05, 3.63) is 57.0 Å². The predicted molar refractivity (Wildman–Crippen MR) is 111 cm³/mol. The van der Waals surface area contributed by atoms with Gasteiger partial charge >= 0.3 is 0 Å². The number of amides is 1. The van der Waals surface area contributed by atoms with E-state index in [1.807, 2.05) is 0 Å². The first-order valence-electron chi connectivity index (χ1n) is 8.52. The number of nitrogens with zero attached hydrogens (tertiary/aromatic N) is 3. The van der Waals surface area contributed by atoms with E-state index in [2.05, 4.69) is 15.4 Å². The van der Waals surface area contributed by atoms with Crippen molar-refractivity contribution in [3.63, 3.8) is 0 Å². The van der Waals surface area contributed by atoms with Crippen LogP contribution in [-0.4, -0.2) is 27.8 Å². The molecule has 0 radical (unpaired) electrons. The van der Waals surface area contributed by atoms with E-state index in [0.717, 1.165) is 9.69 Å². The van der Waals surface area contributed by atoms with Crippen molar-refractivity contribution in [1.29, 1.82) is 0 Å². The SMILES string of the molecule is COc1ccc(Cl)cc1NC(=O)Cn1nc(-c2ccco2)c2sc(C)nc2c1=O. The second-order valence-electron chi connectivity index (χ2n) is 6.09. The van der Waals surface area contributed by atoms with E-state index in [0.29, 0.717) is 32.6 Å². The van der Waals surface area contributed by atoms with Crippen LogP contribution in [0.5, 0.6) is 5.75 Å². The van der Waals surface area contributed by atoms with Crippen LogP contribution in [0.3, 0.4) is 0 Å². The van der Waals surface area contributed by atoms with Gasteiger partial charge in [-0.25, -0.2) is 9.67 Å². The second-order valence-corrected chi connectivity index (χ2v) is 7.73. The molecule has 0 aliphatic rings. The molecule has 29 heavy (non-hydrogen) atoms. The molecule has 4 rings (SSSR count). The molecule has 4 aromatic rings. The third-order valence-electron chi connectivity index (χ3n) is 4.09. The number of hydrogen-bond acceptors (Lipinski definition) is 7. The standard InChI is InChI=1S/C19H15ClN4O4S/c1-10-21-17-18(29-10)16(14-4-3-7-28-14)23-24(19(17)26)9-15(25)22-12-8-11(20)5-6-13(12)27-2/h3-8H,9H2,1-2H3,(H,22,25). The monoisotopic (exact) mass is 430 g/mol. The highest BCUT2D eigenvalue weighted by atomic mass is 35.5. The Balaban J connectivity index is 1.71.